The summed E-state index contributed by atoms with van der Waals surface area (Å²) in [5.41, 5.74) is 0.786. The first-order valence-corrected chi connectivity index (χ1v) is 5.84. The van der Waals surface area contributed by atoms with Crippen LogP contribution in [0.5, 0.6) is 0 Å². The van der Waals surface area contributed by atoms with Crippen LogP contribution in [0.1, 0.15) is 42.5 Å². The lowest BCUT2D eigenvalue weighted by atomic mass is 10.1. The minimum Gasteiger partial charge on any atom is -0.476 e. The third kappa shape index (κ3) is 2.46. The quantitative estimate of drug-likeness (QED) is 0.852. The van der Waals surface area contributed by atoms with E-state index in [-0.39, 0.29) is 11.7 Å². The summed E-state index contributed by atoms with van der Waals surface area (Å²) in [6.07, 6.45) is 1.54. The van der Waals surface area contributed by atoms with Crippen molar-refractivity contribution < 1.29 is 14.6 Å². The number of rotatable bonds is 4. The van der Waals surface area contributed by atoms with Crippen LogP contribution in [0.2, 0.25) is 0 Å². The van der Waals surface area contributed by atoms with Gasteiger partial charge in [0, 0.05) is 6.61 Å². The van der Waals surface area contributed by atoms with E-state index in [9.17, 15) is 4.79 Å². The Balaban J connectivity index is 2.33. The first-order chi connectivity index (χ1) is 8.09. The average molecular weight is 239 g/mol. The molecule has 1 N–H and O–H groups in total. The summed E-state index contributed by atoms with van der Waals surface area (Å²) in [4.78, 5) is 11.1. The highest BCUT2D eigenvalue weighted by Crippen LogP contribution is 2.22. The van der Waals surface area contributed by atoms with Crippen LogP contribution in [0.4, 0.5) is 0 Å². The largest absolute Gasteiger partial charge is 0.476 e. The molecule has 0 saturated carbocycles. The maximum atomic E-state index is 11.1. The standard InChI is InChI=1S/C11H17N3O3/c1-7(2)5-9-10(11(15)16)12-13-14(9)8-3-4-17-6-8/h7-8H,3-6H2,1-2H3,(H,15,16). The number of carboxylic acid groups (broad SMARTS) is 1. The van der Waals surface area contributed by atoms with Gasteiger partial charge >= 0.3 is 5.97 Å². The molecular weight excluding hydrogens is 222 g/mol. The molecule has 0 radical (unpaired) electrons. The lowest BCUT2D eigenvalue weighted by Gasteiger charge is -2.13. The third-order valence-electron chi connectivity index (χ3n) is 2.85. The molecule has 0 spiro atoms. The average Bonchev–Trinajstić information content (AvgIpc) is 2.83. The Morgan fingerprint density at radius 3 is 2.94 bits per heavy atom. The normalized spacial score (nSPS) is 20.1. The molecule has 1 aromatic rings. The molecule has 0 amide bonds. The van der Waals surface area contributed by atoms with E-state index < -0.39 is 5.97 Å². The van der Waals surface area contributed by atoms with Crippen LogP contribution >= 0.6 is 0 Å². The van der Waals surface area contributed by atoms with Crippen LogP contribution in [0.25, 0.3) is 0 Å². The van der Waals surface area contributed by atoms with Crippen molar-refractivity contribution in [1.82, 2.24) is 15.0 Å². The number of carbonyl (C=O) groups is 1. The molecule has 1 unspecified atom stereocenters. The van der Waals surface area contributed by atoms with Gasteiger partial charge in [0.2, 0.25) is 0 Å². The summed E-state index contributed by atoms with van der Waals surface area (Å²) in [6, 6.07) is 0.129. The van der Waals surface area contributed by atoms with E-state index in [0.717, 1.165) is 6.42 Å². The molecule has 6 nitrogen and oxygen atoms in total. The van der Waals surface area contributed by atoms with Gasteiger partial charge in [0.1, 0.15) is 0 Å². The van der Waals surface area contributed by atoms with Crippen molar-refractivity contribution >= 4 is 5.97 Å². The minimum absolute atomic E-state index is 0.0746. The highest BCUT2D eigenvalue weighted by molar-refractivity contribution is 5.86. The smallest absolute Gasteiger partial charge is 0.358 e. The van der Waals surface area contributed by atoms with Gasteiger partial charge in [0.25, 0.3) is 0 Å². The number of aromatic carboxylic acids is 1. The van der Waals surface area contributed by atoms with Crippen molar-refractivity contribution in [2.45, 2.75) is 32.7 Å². The van der Waals surface area contributed by atoms with E-state index in [0.29, 0.717) is 31.2 Å². The van der Waals surface area contributed by atoms with Crippen molar-refractivity contribution in [3.05, 3.63) is 11.4 Å². The second-order valence-electron chi connectivity index (χ2n) is 4.75. The van der Waals surface area contributed by atoms with Gasteiger partial charge in [0.05, 0.1) is 18.3 Å². The van der Waals surface area contributed by atoms with E-state index >= 15 is 0 Å². The number of hydrogen-bond acceptors (Lipinski definition) is 4. The first-order valence-electron chi connectivity index (χ1n) is 5.84. The van der Waals surface area contributed by atoms with Crippen LogP contribution in [-0.2, 0) is 11.2 Å². The van der Waals surface area contributed by atoms with Crippen LogP contribution in [0, 0.1) is 5.92 Å². The van der Waals surface area contributed by atoms with E-state index in [1.54, 1.807) is 4.68 Å². The topological polar surface area (TPSA) is 77.2 Å². The maximum absolute atomic E-state index is 11.1. The lowest BCUT2D eigenvalue weighted by Crippen LogP contribution is -2.16. The molecule has 1 fully saturated rings. The van der Waals surface area contributed by atoms with Gasteiger partial charge in [-0.05, 0) is 18.8 Å². The molecule has 1 aromatic heterocycles. The summed E-state index contributed by atoms with van der Waals surface area (Å²) in [6.45, 7) is 5.39. The fraction of sp³-hybridized carbons (Fsp3) is 0.727. The predicted octanol–water partition coefficient (Wildman–Crippen LogP) is 1.14. The summed E-state index contributed by atoms with van der Waals surface area (Å²) < 4.78 is 7.04. The van der Waals surface area contributed by atoms with Crippen molar-refractivity contribution in [2.75, 3.05) is 13.2 Å². The molecule has 2 rings (SSSR count). The van der Waals surface area contributed by atoms with E-state index in [1.165, 1.54) is 0 Å². The van der Waals surface area contributed by atoms with E-state index in [1.807, 2.05) is 13.8 Å². The second-order valence-corrected chi connectivity index (χ2v) is 4.75. The number of ether oxygens (including phenoxy) is 1. The molecular formula is C11H17N3O3. The Morgan fingerprint density at radius 1 is 1.65 bits per heavy atom. The molecule has 0 bridgehead atoms. The molecule has 1 atom stereocenters. The number of nitrogens with zero attached hydrogens (tertiary/aromatic N) is 3. The summed E-state index contributed by atoms with van der Waals surface area (Å²) in [7, 11) is 0. The van der Waals surface area contributed by atoms with Crippen molar-refractivity contribution in [1.29, 1.82) is 0 Å². The number of aromatic nitrogens is 3. The summed E-state index contributed by atoms with van der Waals surface area (Å²) in [5, 5.41) is 16.8. The van der Waals surface area contributed by atoms with Crippen molar-refractivity contribution in [3.63, 3.8) is 0 Å². The molecule has 17 heavy (non-hydrogen) atoms. The van der Waals surface area contributed by atoms with Crippen LogP contribution in [0.15, 0.2) is 0 Å². The fourth-order valence-corrected chi connectivity index (χ4v) is 2.06. The van der Waals surface area contributed by atoms with Gasteiger partial charge in [0.15, 0.2) is 5.69 Å². The predicted molar refractivity (Wildman–Crippen MR) is 60.0 cm³/mol. The third-order valence-corrected chi connectivity index (χ3v) is 2.85. The van der Waals surface area contributed by atoms with E-state index in [2.05, 4.69) is 10.3 Å². The van der Waals surface area contributed by atoms with Crippen molar-refractivity contribution in [3.8, 4) is 0 Å². The number of carboxylic acids is 1. The van der Waals surface area contributed by atoms with Gasteiger partial charge in [-0.25, -0.2) is 9.48 Å². The molecule has 1 saturated heterocycles. The molecule has 6 heteroatoms. The first kappa shape index (κ1) is 12.0. The van der Waals surface area contributed by atoms with E-state index in [4.69, 9.17) is 9.84 Å². The zero-order valence-corrected chi connectivity index (χ0v) is 10.1. The molecule has 94 valence electrons. The second kappa shape index (κ2) is 4.83. The van der Waals surface area contributed by atoms with Gasteiger partial charge in [-0.1, -0.05) is 19.1 Å². The summed E-state index contributed by atoms with van der Waals surface area (Å²) in [5.74, 6) is -0.640. The zero-order valence-electron chi connectivity index (χ0n) is 10.1. The minimum atomic E-state index is -1.01. The van der Waals surface area contributed by atoms with Gasteiger partial charge in [-0.3, -0.25) is 0 Å². The van der Waals surface area contributed by atoms with Crippen LogP contribution in [0.3, 0.4) is 0 Å². The SMILES string of the molecule is CC(C)Cc1c(C(=O)O)nnn1C1CCOC1. The fourth-order valence-electron chi connectivity index (χ4n) is 2.06. The molecule has 2 heterocycles. The van der Waals surface area contributed by atoms with Crippen molar-refractivity contribution in [2.24, 2.45) is 5.92 Å². The van der Waals surface area contributed by atoms with Gasteiger partial charge in [-0.2, -0.15) is 0 Å². The Labute approximate surface area is 99.6 Å². The molecule has 1 aliphatic heterocycles. The molecule has 0 aromatic carbocycles. The zero-order chi connectivity index (χ0) is 12.4. The monoisotopic (exact) mass is 239 g/mol. The Kier molecular flexibility index (Phi) is 3.42. The molecule has 0 aliphatic carbocycles. The number of hydrogen-bond donors (Lipinski definition) is 1. The van der Waals surface area contributed by atoms with Crippen LogP contribution in [-0.4, -0.2) is 39.3 Å². The van der Waals surface area contributed by atoms with Gasteiger partial charge in [-0.15, -0.1) is 5.10 Å². The van der Waals surface area contributed by atoms with Gasteiger partial charge < -0.3 is 9.84 Å². The highest BCUT2D eigenvalue weighted by atomic mass is 16.5. The summed E-state index contributed by atoms with van der Waals surface area (Å²) >= 11 is 0. The van der Waals surface area contributed by atoms with Crippen LogP contribution < -0.4 is 0 Å². The maximum Gasteiger partial charge on any atom is 0.358 e. The highest BCUT2D eigenvalue weighted by Gasteiger charge is 2.26. The Hall–Kier alpha value is -1.43. The Bertz CT molecular complexity index is 408. The Morgan fingerprint density at radius 2 is 2.41 bits per heavy atom. The lowest BCUT2D eigenvalue weighted by molar-refractivity contribution is 0.0689. The molecule has 1 aliphatic rings.